The van der Waals surface area contributed by atoms with Gasteiger partial charge in [0, 0.05) is 5.38 Å². The second-order valence-corrected chi connectivity index (χ2v) is 4.17. The number of rotatable bonds is 2. The molecule has 1 heterocycles. The first kappa shape index (κ1) is 10.9. The lowest BCUT2D eigenvalue weighted by molar-refractivity contribution is 0.103. The van der Waals surface area contributed by atoms with Gasteiger partial charge in [0.2, 0.25) is 5.78 Å². The third-order valence-corrected chi connectivity index (χ3v) is 2.76. The molecule has 0 amide bonds. The van der Waals surface area contributed by atoms with Crippen LogP contribution < -0.4 is 0 Å². The lowest BCUT2D eigenvalue weighted by atomic mass is 10.0. The van der Waals surface area contributed by atoms with Gasteiger partial charge in [-0.05, 0) is 42.6 Å². The van der Waals surface area contributed by atoms with Gasteiger partial charge in [-0.25, -0.2) is 4.39 Å². The number of hydrogen-bond donors (Lipinski definition) is 0. The van der Waals surface area contributed by atoms with E-state index in [2.05, 4.69) is 9.59 Å². The molecule has 0 N–H and O–H groups in total. The molecule has 0 radical (unpaired) electrons. The monoisotopic (exact) mass is 236 g/mol. The molecular formula is C11H9FN2OS. The van der Waals surface area contributed by atoms with Crippen LogP contribution in [0, 0.1) is 19.7 Å². The van der Waals surface area contributed by atoms with Crippen molar-refractivity contribution in [3.05, 3.63) is 45.7 Å². The molecule has 0 atom stereocenters. The summed E-state index contributed by atoms with van der Waals surface area (Å²) in [6.07, 6.45) is 0. The van der Waals surface area contributed by atoms with E-state index in [1.165, 1.54) is 11.4 Å². The van der Waals surface area contributed by atoms with Crippen LogP contribution in [-0.4, -0.2) is 15.4 Å². The van der Waals surface area contributed by atoms with E-state index in [0.717, 1.165) is 17.1 Å². The maximum absolute atomic E-state index is 13.7. The molecule has 0 saturated carbocycles. The predicted octanol–water partition coefficient (Wildman–Crippen LogP) is 2.53. The van der Waals surface area contributed by atoms with Gasteiger partial charge in [-0.2, -0.15) is 0 Å². The van der Waals surface area contributed by atoms with Crippen molar-refractivity contribution in [1.82, 2.24) is 9.59 Å². The summed E-state index contributed by atoms with van der Waals surface area (Å²) in [5.41, 5.74) is 1.69. The maximum atomic E-state index is 13.7. The molecule has 0 spiro atoms. The Morgan fingerprint density at radius 1 is 1.38 bits per heavy atom. The normalized spacial score (nSPS) is 10.4. The Bertz CT molecular complexity index is 514. The van der Waals surface area contributed by atoms with E-state index in [4.69, 9.17) is 0 Å². The lowest BCUT2D eigenvalue weighted by Gasteiger charge is -2.05. The molecule has 0 saturated heterocycles. The molecular weight excluding hydrogens is 227 g/mol. The average molecular weight is 236 g/mol. The van der Waals surface area contributed by atoms with E-state index in [1.54, 1.807) is 19.9 Å². The van der Waals surface area contributed by atoms with Crippen molar-refractivity contribution in [2.24, 2.45) is 0 Å². The summed E-state index contributed by atoms with van der Waals surface area (Å²) in [5, 5.41) is 5.16. The van der Waals surface area contributed by atoms with Crippen LogP contribution in [0.25, 0.3) is 0 Å². The van der Waals surface area contributed by atoms with Gasteiger partial charge in [0.05, 0.1) is 5.56 Å². The highest BCUT2D eigenvalue weighted by Crippen LogP contribution is 2.19. The molecule has 0 bridgehead atoms. The van der Waals surface area contributed by atoms with Crippen molar-refractivity contribution < 1.29 is 9.18 Å². The van der Waals surface area contributed by atoms with E-state index in [0.29, 0.717) is 5.56 Å². The first-order chi connectivity index (χ1) is 7.59. The highest BCUT2D eigenvalue weighted by atomic mass is 32.1. The third kappa shape index (κ3) is 1.86. The predicted molar refractivity (Wildman–Crippen MR) is 59.2 cm³/mol. The topological polar surface area (TPSA) is 42.9 Å². The minimum Gasteiger partial charge on any atom is -0.287 e. The van der Waals surface area contributed by atoms with Gasteiger partial charge in [0.15, 0.2) is 0 Å². The van der Waals surface area contributed by atoms with Crippen LogP contribution in [-0.2, 0) is 0 Å². The summed E-state index contributed by atoms with van der Waals surface area (Å²) >= 11 is 1.07. The molecule has 1 aromatic carbocycles. The zero-order valence-electron chi connectivity index (χ0n) is 8.82. The van der Waals surface area contributed by atoms with Crippen LogP contribution in [0.15, 0.2) is 17.5 Å². The number of benzene rings is 1. The van der Waals surface area contributed by atoms with E-state index < -0.39 is 11.6 Å². The van der Waals surface area contributed by atoms with Gasteiger partial charge in [-0.15, -0.1) is 5.10 Å². The van der Waals surface area contributed by atoms with Crippen LogP contribution in [0.5, 0.6) is 0 Å². The SMILES string of the molecule is Cc1cc(C)c(C(=O)c2csnn2)c(F)c1. The van der Waals surface area contributed by atoms with E-state index in [1.807, 2.05) is 0 Å². The Kier molecular flexibility index (Phi) is 2.78. The number of nitrogens with zero attached hydrogens (tertiary/aromatic N) is 2. The Morgan fingerprint density at radius 3 is 2.69 bits per heavy atom. The highest BCUT2D eigenvalue weighted by molar-refractivity contribution is 7.03. The average Bonchev–Trinajstić information content (AvgIpc) is 2.67. The molecule has 0 unspecified atom stereocenters. The van der Waals surface area contributed by atoms with Crippen LogP contribution in [0.3, 0.4) is 0 Å². The van der Waals surface area contributed by atoms with Crippen LogP contribution >= 0.6 is 11.5 Å². The maximum Gasteiger partial charge on any atom is 0.217 e. The Labute approximate surface area is 96.1 Å². The number of carbonyl (C=O) groups excluding carboxylic acids is 1. The molecule has 0 aliphatic rings. The number of ketones is 1. The molecule has 0 fully saturated rings. The fourth-order valence-corrected chi connectivity index (χ4v) is 2.03. The first-order valence-electron chi connectivity index (χ1n) is 4.68. The zero-order valence-corrected chi connectivity index (χ0v) is 9.64. The molecule has 2 aromatic rings. The highest BCUT2D eigenvalue weighted by Gasteiger charge is 2.19. The number of carbonyl (C=O) groups is 1. The standard InChI is InChI=1S/C11H9FN2OS/c1-6-3-7(2)10(8(12)4-6)11(15)9-5-16-14-13-9/h3-5H,1-2H3. The van der Waals surface area contributed by atoms with Gasteiger partial charge < -0.3 is 0 Å². The smallest absolute Gasteiger partial charge is 0.217 e. The lowest BCUT2D eigenvalue weighted by Crippen LogP contribution is -2.07. The molecule has 3 nitrogen and oxygen atoms in total. The minimum atomic E-state index is -0.504. The van der Waals surface area contributed by atoms with Gasteiger partial charge in [0.1, 0.15) is 11.5 Å². The van der Waals surface area contributed by atoms with E-state index >= 15 is 0 Å². The minimum absolute atomic E-state index is 0.0818. The third-order valence-electron chi connectivity index (χ3n) is 2.25. The Hall–Kier alpha value is -1.62. The van der Waals surface area contributed by atoms with Crippen molar-refractivity contribution in [3.8, 4) is 0 Å². The molecule has 82 valence electrons. The summed E-state index contributed by atoms with van der Waals surface area (Å²) in [4.78, 5) is 11.9. The van der Waals surface area contributed by atoms with Gasteiger partial charge in [-0.1, -0.05) is 10.6 Å². The van der Waals surface area contributed by atoms with E-state index in [-0.39, 0.29) is 11.3 Å². The van der Waals surface area contributed by atoms with Gasteiger partial charge in [-0.3, -0.25) is 4.79 Å². The Balaban J connectivity index is 2.53. The molecule has 0 aliphatic carbocycles. The summed E-state index contributed by atoms with van der Waals surface area (Å²) in [5.74, 6) is -0.917. The van der Waals surface area contributed by atoms with Crippen LogP contribution in [0.4, 0.5) is 4.39 Å². The fraction of sp³-hybridized carbons (Fsp3) is 0.182. The van der Waals surface area contributed by atoms with Crippen molar-refractivity contribution in [2.45, 2.75) is 13.8 Å². The van der Waals surface area contributed by atoms with Crippen molar-refractivity contribution in [1.29, 1.82) is 0 Å². The molecule has 0 aliphatic heterocycles. The van der Waals surface area contributed by atoms with E-state index in [9.17, 15) is 9.18 Å². The number of aryl methyl sites for hydroxylation is 2. The van der Waals surface area contributed by atoms with Gasteiger partial charge >= 0.3 is 0 Å². The Morgan fingerprint density at radius 2 is 2.12 bits per heavy atom. The summed E-state index contributed by atoms with van der Waals surface area (Å²) < 4.78 is 17.3. The molecule has 16 heavy (non-hydrogen) atoms. The number of hydrogen-bond acceptors (Lipinski definition) is 4. The van der Waals surface area contributed by atoms with Crippen molar-refractivity contribution >= 4 is 17.3 Å². The number of aromatic nitrogens is 2. The van der Waals surface area contributed by atoms with Crippen LogP contribution in [0.2, 0.25) is 0 Å². The fourth-order valence-electron chi connectivity index (χ4n) is 1.59. The largest absolute Gasteiger partial charge is 0.287 e. The summed E-state index contributed by atoms with van der Waals surface area (Å²) in [6, 6.07) is 3.12. The summed E-state index contributed by atoms with van der Waals surface area (Å²) in [6.45, 7) is 3.50. The molecule has 2 rings (SSSR count). The van der Waals surface area contributed by atoms with Crippen LogP contribution in [0.1, 0.15) is 27.2 Å². The second kappa shape index (κ2) is 4.09. The molecule has 1 aromatic heterocycles. The number of halogens is 1. The molecule has 5 heteroatoms. The van der Waals surface area contributed by atoms with Crippen molar-refractivity contribution in [3.63, 3.8) is 0 Å². The van der Waals surface area contributed by atoms with Crippen molar-refractivity contribution in [2.75, 3.05) is 0 Å². The zero-order chi connectivity index (χ0) is 11.7. The first-order valence-corrected chi connectivity index (χ1v) is 5.51. The quantitative estimate of drug-likeness (QED) is 0.752. The second-order valence-electron chi connectivity index (χ2n) is 3.56. The van der Waals surface area contributed by atoms with Gasteiger partial charge in [0.25, 0.3) is 0 Å². The summed E-state index contributed by atoms with van der Waals surface area (Å²) in [7, 11) is 0.